The molecule has 0 atom stereocenters. The van der Waals surface area contributed by atoms with Gasteiger partial charge in [-0.15, -0.1) is 0 Å². The third kappa shape index (κ3) is 2.74. The first-order chi connectivity index (χ1) is 6.21. The maximum absolute atomic E-state index is 10.7. The number of aromatic nitrogens is 3. The molecule has 1 rings (SSSR count). The van der Waals surface area contributed by atoms with Gasteiger partial charge in [-0.25, -0.2) is 26.8 Å². The summed E-state index contributed by atoms with van der Waals surface area (Å²) >= 11 is 0. The van der Waals surface area contributed by atoms with Crippen LogP contribution in [-0.2, 0) is 18.1 Å². The van der Waals surface area contributed by atoms with Crippen LogP contribution < -0.4 is 0 Å². The van der Waals surface area contributed by atoms with Crippen LogP contribution in [0, 0.1) is 0 Å². The normalized spacial score (nSPS) is 12.7. The molecule has 14 heavy (non-hydrogen) atoms. The van der Waals surface area contributed by atoms with Gasteiger partial charge in [0.25, 0.3) is 28.4 Å². The molecule has 1 aromatic rings. The van der Waals surface area contributed by atoms with Crippen LogP contribution in [-0.4, -0.2) is 31.8 Å². The van der Waals surface area contributed by atoms with Crippen LogP contribution in [0.3, 0.4) is 0 Å². The lowest BCUT2D eigenvalue weighted by atomic mass is 11.1. The number of nitrogens with zero attached hydrogens (tertiary/aromatic N) is 3. The van der Waals surface area contributed by atoms with E-state index >= 15 is 0 Å². The van der Waals surface area contributed by atoms with Crippen LogP contribution >= 0.6 is 21.4 Å². The van der Waals surface area contributed by atoms with Crippen molar-refractivity contribution >= 4 is 39.5 Å². The number of rotatable bonds is 2. The van der Waals surface area contributed by atoms with Crippen molar-refractivity contribution < 1.29 is 16.8 Å². The summed E-state index contributed by atoms with van der Waals surface area (Å²) in [5, 5.41) is -1.73. The summed E-state index contributed by atoms with van der Waals surface area (Å²) in [4.78, 5) is 9.37. The van der Waals surface area contributed by atoms with Crippen molar-refractivity contribution in [3.05, 3.63) is 6.33 Å². The highest BCUT2D eigenvalue weighted by molar-refractivity contribution is 8.14. The highest BCUT2D eigenvalue weighted by atomic mass is 35.7. The first kappa shape index (κ1) is 11.6. The monoisotopic (exact) mass is 277 g/mol. The van der Waals surface area contributed by atoms with Crippen molar-refractivity contribution in [1.82, 2.24) is 15.0 Å². The highest BCUT2D eigenvalue weighted by Gasteiger charge is 2.20. The molecule has 0 N–H and O–H groups in total. The molecular formula is C3HCl2N3O4S2. The van der Waals surface area contributed by atoms with E-state index in [1.54, 1.807) is 0 Å². The zero-order chi connectivity index (χ0) is 11.0. The van der Waals surface area contributed by atoms with E-state index in [4.69, 9.17) is 21.4 Å². The lowest BCUT2D eigenvalue weighted by Gasteiger charge is -1.95. The molecule has 0 amide bonds. The van der Waals surface area contributed by atoms with E-state index in [2.05, 4.69) is 15.0 Å². The number of hydrogen-bond acceptors (Lipinski definition) is 7. The van der Waals surface area contributed by atoms with Gasteiger partial charge in [-0.05, 0) is 0 Å². The minimum Gasteiger partial charge on any atom is -0.205 e. The molecule has 7 nitrogen and oxygen atoms in total. The molecular weight excluding hydrogens is 277 g/mol. The molecule has 11 heteroatoms. The molecule has 0 saturated carbocycles. The summed E-state index contributed by atoms with van der Waals surface area (Å²) in [5.41, 5.74) is 0. The second-order valence-corrected chi connectivity index (χ2v) is 6.85. The molecule has 0 fully saturated rings. The molecule has 78 valence electrons. The fraction of sp³-hybridized carbons (Fsp3) is 0. The molecule has 0 spiro atoms. The molecule has 0 saturated heterocycles. The molecule has 0 aliphatic carbocycles. The van der Waals surface area contributed by atoms with E-state index in [1.807, 2.05) is 0 Å². The predicted octanol–water partition coefficient (Wildman–Crippen LogP) is -0.273. The van der Waals surface area contributed by atoms with Gasteiger partial charge >= 0.3 is 0 Å². The Labute approximate surface area is 88.0 Å². The molecule has 0 aliphatic heterocycles. The molecule has 0 radical (unpaired) electrons. The second kappa shape index (κ2) is 3.57. The fourth-order valence-corrected chi connectivity index (χ4v) is 1.74. The summed E-state index contributed by atoms with van der Waals surface area (Å²) in [5.74, 6) is 0. The van der Waals surface area contributed by atoms with Crippen molar-refractivity contribution in [3.8, 4) is 0 Å². The van der Waals surface area contributed by atoms with Crippen LogP contribution in [0.5, 0.6) is 0 Å². The molecule has 0 bridgehead atoms. The maximum Gasteiger partial charge on any atom is 0.296 e. The van der Waals surface area contributed by atoms with Crippen LogP contribution in [0.2, 0.25) is 0 Å². The van der Waals surface area contributed by atoms with Gasteiger partial charge in [0.2, 0.25) is 0 Å². The first-order valence-electron chi connectivity index (χ1n) is 2.79. The Morgan fingerprint density at radius 3 is 1.57 bits per heavy atom. The summed E-state index contributed by atoms with van der Waals surface area (Å²) in [6, 6.07) is 0. The lowest BCUT2D eigenvalue weighted by molar-refractivity contribution is 0.585. The summed E-state index contributed by atoms with van der Waals surface area (Å²) in [7, 11) is 1.33. The Morgan fingerprint density at radius 1 is 0.929 bits per heavy atom. The van der Waals surface area contributed by atoms with E-state index in [1.165, 1.54) is 0 Å². The average Bonchev–Trinajstić information content (AvgIpc) is 2.01. The van der Waals surface area contributed by atoms with Crippen LogP contribution in [0.25, 0.3) is 0 Å². The van der Waals surface area contributed by atoms with Gasteiger partial charge in [-0.2, -0.15) is 4.98 Å². The van der Waals surface area contributed by atoms with Gasteiger partial charge < -0.3 is 0 Å². The van der Waals surface area contributed by atoms with Crippen molar-refractivity contribution in [1.29, 1.82) is 0 Å². The van der Waals surface area contributed by atoms with Crippen molar-refractivity contribution in [2.24, 2.45) is 0 Å². The second-order valence-electron chi connectivity index (χ2n) is 1.93. The van der Waals surface area contributed by atoms with E-state index in [0.29, 0.717) is 6.33 Å². The SMILES string of the molecule is O=S(=O)(Cl)c1ncnc(S(=O)(=O)Cl)n1. The zero-order valence-corrected chi connectivity index (χ0v) is 9.27. The molecule has 1 heterocycles. The van der Waals surface area contributed by atoms with Crippen LogP contribution in [0.15, 0.2) is 16.6 Å². The van der Waals surface area contributed by atoms with Gasteiger partial charge in [-0.3, -0.25) is 0 Å². The molecule has 1 aromatic heterocycles. The van der Waals surface area contributed by atoms with Crippen LogP contribution in [0.4, 0.5) is 0 Å². The number of halogens is 2. The Hall–Kier alpha value is -0.510. The third-order valence-electron chi connectivity index (χ3n) is 0.964. The minimum atomic E-state index is -4.20. The van der Waals surface area contributed by atoms with Crippen LogP contribution in [0.1, 0.15) is 0 Å². The maximum atomic E-state index is 10.7. The first-order valence-corrected chi connectivity index (χ1v) is 7.41. The smallest absolute Gasteiger partial charge is 0.205 e. The Balaban J connectivity index is 3.44. The zero-order valence-electron chi connectivity index (χ0n) is 6.12. The van der Waals surface area contributed by atoms with E-state index in [0.717, 1.165) is 0 Å². The summed E-state index contributed by atoms with van der Waals surface area (Å²) in [6.45, 7) is 0. The van der Waals surface area contributed by atoms with Gasteiger partial charge in [-0.1, -0.05) is 0 Å². The van der Waals surface area contributed by atoms with E-state index < -0.39 is 28.4 Å². The minimum absolute atomic E-state index is 0.678. The fourth-order valence-electron chi connectivity index (χ4n) is 0.502. The largest absolute Gasteiger partial charge is 0.296 e. The van der Waals surface area contributed by atoms with Crippen molar-refractivity contribution in [2.45, 2.75) is 10.3 Å². The van der Waals surface area contributed by atoms with Gasteiger partial charge in [0, 0.05) is 21.4 Å². The van der Waals surface area contributed by atoms with E-state index in [-0.39, 0.29) is 0 Å². The van der Waals surface area contributed by atoms with Gasteiger partial charge in [0.15, 0.2) is 0 Å². The van der Waals surface area contributed by atoms with E-state index in [9.17, 15) is 16.8 Å². The van der Waals surface area contributed by atoms with Crippen molar-refractivity contribution in [3.63, 3.8) is 0 Å². The third-order valence-corrected chi connectivity index (χ3v) is 3.06. The van der Waals surface area contributed by atoms with Gasteiger partial charge in [0.05, 0.1) is 0 Å². The number of hydrogen-bond donors (Lipinski definition) is 0. The molecule has 0 aliphatic rings. The Morgan fingerprint density at radius 2 is 1.29 bits per heavy atom. The lowest BCUT2D eigenvalue weighted by Crippen LogP contribution is -2.06. The Kier molecular flexibility index (Phi) is 2.95. The average molecular weight is 278 g/mol. The topological polar surface area (TPSA) is 107 Å². The Bertz CT molecular complexity index is 506. The van der Waals surface area contributed by atoms with Crippen molar-refractivity contribution in [2.75, 3.05) is 0 Å². The summed E-state index contributed by atoms with van der Waals surface area (Å²) < 4.78 is 42.7. The standard InChI is InChI=1S/C3HCl2N3O4S2/c4-13(9,10)2-6-1-7-3(8-2)14(5,11)12/h1H. The highest BCUT2D eigenvalue weighted by Crippen LogP contribution is 2.12. The van der Waals surface area contributed by atoms with Gasteiger partial charge in [0.1, 0.15) is 6.33 Å². The molecule has 0 unspecified atom stereocenters. The predicted molar refractivity (Wildman–Crippen MR) is 45.9 cm³/mol. The quantitative estimate of drug-likeness (QED) is 0.685. The summed E-state index contributed by atoms with van der Waals surface area (Å²) in [6.07, 6.45) is 0.678. The molecule has 0 aromatic carbocycles.